The van der Waals surface area contributed by atoms with Crippen molar-refractivity contribution in [1.29, 1.82) is 0 Å². The molecular weight excluding hydrogens is 398 g/mol. The van der Waals surface area contributed by atoms with Gasteiger partial charge in [-0.3, -0.25) is 9.36 Å². The molecule has 4 nitrogen and oxygen atoms in total. The predicted octanol–water partition coefficient (Wildman–Crippen LogP) is 5.25. The fourth-order valence-corrected chi connectivity index (χ4v) is 4.94. The molecule has 1 aliphatic carbocycles. The first kappa shape index (κ1) is 16.8. The normalized spacial score (nSPS) is 13.8. The quantitative estimate of drug-likeness (QED) is 0.629. The van der Waals surface area contributed by atoms with E-state index in [0.29, 0.717) is 12.5 Å². The van der Waals surface area contributed by atoms with Gasteiger partial charge in [-0.25, -0.2) is 4.98 Å². The number of hydrogen-bond acceptors (Lipinski definition) is 4. The third-order valence-corrected chi connectivity index (χ3v) is 6.34. The van der Waals surface area contributed by atoms with Crippen molar-refractivity contribution >= 4 is 49.1 Å². The molecule has 0 unspecified atom stereocenters. The highest BCUT2D eigenvalue weighted by atomic mass is 79.9. The molecule has 0 bridgehead atoms. The zero-order valence-corrected chi connectivity index (χ0v) is 16.5. The number of aryl methyl sites for hydroxylation is 2. The molecule has 0 atom stereocenters. The molecule has 2 heterocycles. The molecule has 0 aliphatic heterocycles. The minimum Gasteiger partial charge on any atom is -0.325 e. The maximum Gasteiger partial charge on any atom is 0.263 e. The molecule has 4 rings (SSSR count). The van der Waals surface area contributed by atoms with Crippen molar-refractivity contribution in [1.82, 2.24) is 9.55 Å². The topological polar surface area (TPSA) is 46.9 Å². The SMILES string of the molecule is CCCn1c(Nc2ccc(Br)cc2)nc2sc3c(c2c1=O)CCCC3. The highest BCUT2D eigenvalue weighted by Crippen LogP contribution is 2.34. The van der Waals surface area contributed by atoms with Crippen LogP contribution in [0.25, 0.3) is 10.2 Å². The molecule has 2 aromatic heterocycles. The second-order valence-electron chi connectivity index (χ2n) is 6.42. The van der Waals surface area contributed by atoms with Gasteiger partial charge in [0.2, 0.25) is 5.95 Å². The van der Waals surface area contributed by atoms with Crippen molar-refractivity contribution in [3.05, 3.63) is 49.5 Å². The van der Waals surface area contributed by atoms with Gasteiger partial charge in [-0.2, -0.15) is 0 Å². The first-order chi connectivity index (χ1) is 12.2. The van der Waals surface area contributed by atoms with Gasteiger partial charge in [0, 0.05) is 21.6 Å². The molecular formula is C19H20BrN3OS. The molecule has 0 saturated carbocycles. The van der Waals surface area contributed by atoms with Gasteiger partial charge in [0.25, 0.3) is 5.56 Å². The Morgan fingerprint density at radius 2 is 2.00 bits per heavy atom. The van der Waals surface area contributed by atoms with Gasteiger partial charge in [-0.1, -0.05) is 22.9 Å². The zero-order chi connectivity index (χ0) is 17.4. The van der Waals surface area contributed by atoms with E-state index in [1.165, 1.54) is 23.3 Å². The minimum absolute atomic E-state index is 0.103. The molecule has 0 fully saturated rings. The van der Waals surface area contributed by atoms with Crippen molar-refractivity contribution in [3.8, 4) is 0 Å². The first-order valence-corrected chi connectivity index (χ1v) is 10.4. The number of thiophene rings is 1. The van der Waals surface area contributed by atoms with Crippen LogP contribution in [0.4, 0.5) is 11.6 Å². The fraction of sp³-hybridized carbons (Fsp3) is 0.368. The van der Waals surface area contributed by atoms with Crippen LogP contribution in [0.15, 0.2) is 33.5 Å². The molecule has 0 saturated heterocycles. The van der Waals surface area contributed by atoms with Gasteiger partial charge >= 0.3 is 0 Å². The van der Waals surface area contributed by atoms with Gasteiger partial charge in [0.1, 0.15) is 4.83 Å². The monoisotopic (exact) mass is 417 g/mol. The van der Waals surface area contributed by atoms with E-state index in [1.54, 1.807) is 15.9 Å². The van der Waals surface area contributed by atoms with Gasteiger partial charge in [-0.15, -0.1) is 11.3 Å². The number of nitrogens with zero attached hydrogens (tertiary/aromatic N) is 2. The Balaban J connectivity index is 1.86. The number of benzene rings is 1. The van der Waals surface area contributed by atoms with Crippen LogP contribution in [0.1, 0.15) is 36.6 Å². The van der Waals surface area contributed by atoms with E-state index in [9.17, 15) is 4.79 Å². The molecule has 3 aromatic rings. The summed E-state index contributed by atoms with van der Waals surface area (Å²) in [6.07, 6.45) is 5.38. The van der Waals surface area contributed by atoms with E-state index in [2.05, 4.69) is 28.2 Å². The van der Waals surface area contributed by atoms with E-state index in [4.69, 9.17) is 4.98 Å². The molecule has 1 N–H and O–H groups in total. The molecule has 6 heteroatoms. The average molecular weight is 418 g/mol. The van der Waals surface area contributed by atoms with E-state index < -0.39 is 0 Å². The number of rotatable bonds is 4. The Bertz CT molecular complexity index is 975. The van der Waals surface area contributed by atoms with Crippen molar-refractivity contribution in [2.45, 2.75) is 45.6 Å². The first-order valence-electron chi connectivity index (χ1n) is 8.75. The maximum absolute atomic E-state index is 13.2. The van der Waals surface area contributed by atoms with Gasteiger partial charge in [-0.05, 0) is 61.9 Å². The van der Waals surface area contributed by atoms with Crippen LogP contribution in [-0.4, -0.2) is 9.55 Å². The number of fused-ring (bicyclic) bond motifs is 3. The Hall–Kier alpha value is -1.66. The number of anilines is 2. The molecule has 1 aliphatic rings. The van der Waals surface area contributed by atoms with Crippen LogP contribution >= 0.6 is 27.3 Å². The maximum atomic E-state index is 13.2. The number of hydrogen-bond donors (Lipinski definition) is 1. The highest BCUT2D eigenvalue weighted by Gasteiger charge is 2.21. The Morgan fingerprint density at radius 1 is 1.24 bits per heavy atom. The summed E-state index contributed by atoms with van der Waals surface area (Å²) in [5, 5.41) is 4.19. The lowest BCUT2D eigenvalue weighted by Crippen LogP contribution is -2.24. The van der Waals surface area contributed by atoms with E-state index in [-0.39, 0.29) is 5.56 Å². The summed E-state index contributed by atoms with van der Waals surface area (Å²) >= 11 is 5.15. The largest absolute Gasteiger partial charge is 0.325 e. The summed E-state index contributed by atoms with van der Waals surface area (Å²) in [5.74, 6) is 0.639. The summed E-state index contributed by atoms with van der Waals surface area (Å²) in [6.45, 7) is 2.76. The standard InChI is InChI=1S/C19H20BrN3OS/c1-2-11-23-18(24)16-14-5-3-4-6-15(14)25-17(16)22-19(23)21-13-9-7-12(20)8-10-13/h7-10H,2-6,11H2,1H3,(H,21,22). The number of halogens is 1. The van der Waals surface area contributed by atoms with Crippen LogP contribution < -0.4 is 10.9 Å². The minimum atomic E-state index is 0.103. The molecule has 0 radical (unpaired) electrons. The smallest absolute Gasteiger partial charge is 0.263 e. The van der Waals surface area contributed by atoms with Crippen molar-refractivity contribution < 1.29 is 0 Å². The summed E-state index contributed by atoms with van der Waals surface area (Å²) in [7, 11) is 0. The highest BCUT2D eigenvalue weighted by molar-refractivity contribution is 9.10. The van der Waals surface area contributed by atoms with Crippen molar-refractivity contribution in [2.75, 3.05) is 5.32 Å². The van der Waals surface area contributed by atoms with Crippen LogP contribution in [0, 0.1) is 0 Å². The summed E-state index contributed by atoms with van der Waals surface area (Å²) in [4.78, 5) is 20.3. The number of nitrogens with one attached hydrogen (secondary N) is 1. The van der Waals surface area contributed by atoms with Crippen LogP contribution in [0.3, 0.4) is 0 Å². The van der Waals surface area contributed by atoms with Gasteiger partial charge in [0.05, 0.1) is 5.39 Å². The molecule has 0 spiro atoms. The zero-order valence-electron chi connectivity index (χ0n) is 14.1. The predicted molar refractivity (Wildman–Crippen MR) is 108 cm³/mol. The molecule has 25 heavy (non-hydrogen) atoms. The average Bonchev–Trinajstić information content (AvgIpc) is 2.98. The molecule has 1 aromatic carbocycles. The van der Waals surface area contributed by atoms with E-state index >= 15 is 0 Å². The summed E-state index contributed by atoms with van der Waals surface area (Å²) in [5.41, 5.74) is 2.29. The lowest BCUT2D eigenvalue weighted by molar-refractivity contribution is 0.655. The van der Waals surface area contributed by atoms with Crippen LogP contribution in [0.5, 0.6) is 0 Å². The Labute approximate surface area is 159 Å². The van der Waals surface area contributed by atoms with Gasteiger partial charge in [0.15, 0.2) is 0 Å². The summed E-state index contributed by atoms with van der Waals surface area (Å²) < 4.78 is 2.82. The number of aromatic nitrogens is 2. The molecule has 130 valence electrons. The lowest BCUT2D eigenvalue weighted by atomic mass is 9.97. The fourth-order valence-electron chi connectivity index (χ4n) is 3.43. The second-order valence-corrected chi connectivity index (χ2v) is 8.41. The van der Waals surface area contributed by atoms with Crippen LogP contribution in [-0.2, 0) is 19.4 Å². The lowest BCUT2D eigenvalue weighted by Gasteiger charge is -2.14. The van der Waals surface area contributed by atoms with Crippen molar-refractivity contribution in [3.63, 3.8) is 0 Å². The summed E-state index contributed by atoms with van der Waals surface area (Å²) in [6, 6.07) is 7.92. The van der Waals surface area contributed by atoms with Crippen molar-refractivity contribution in [2.24, 2.45) is 0 Å². The third kappa shape index (κ3) is 3.13. The molecule has 0 amide bonds. The van der Waals surface area contributed by atoms with E-state index in [0.717, 1.165) is 39.6 Å². The van der Waals surface area contributed by atoms with E-state index in [1.807, 2.05) is 24.3 Å². The second kappa shape index (κ2) is 6.92. The van der Waals surface area contributed by atoms with Gasteiger partial charge < -0.3 is 5.32 Å². The Kier molecular flexibility index (Phi) is 4.65. The van der Waals surface area contributed by atoms with Crippen LogP contribution in [0.2, 0.25) is 0 Å². The Morgan fingerprint density at radius 3 is 2.76 bits per heavy atom. The third-order valence-electron chi connectivity index (χ3n) is 4.62.